The Hall–Kier alpha value is -0.560. The Kier molecular flexibility index (Phi) is 8.26. The van der Waals surface area contributed by atoms with E-state index in [1.165, 1.54) is 0 Å². The number of nitrogens with zero attached hydrogens (tertiary/aromatic N) is 1. The zero-order valence-electron chi connectivity index (χ0n) is 13.4. The van der Waals surface area contributed by atoms with E-state index in [9.17, 15) is 4.79 Å². The number of hydrogen-bond donors (Lipinski definition) is 2. The van der Waals surface area contributed by atoms with Crippen LogP contribution in [0.5, 0.6) is 0 Å². The maximum Gasteiger partial charge on any atom is 0.240 e. The number of morpholine rings is 1. The first-order valence-electron chi connectivity index (χ1n) is 7.73. The van der Waals surface area contributed by atoms with E-state index in [-0.39, 0.29) is 36.8 Å². The van der Waals surface area contributed by atoms with E-state index >= 15 is 0 Å². The molecule has 1 aliphatic carbocycles. The number of halogens is 3. The number of rotatable bonds is 5. The molecule has 2 fully saturated rings. The predicted octanol–water partition coefficient (Wildman–Crippen LogP) is 2.16. The summed E-state index contributed by atoms with van der Waals surface area (Å²) in [6, 6.07) is 7.91. The molecule has 0 radical (unpaired) electrons. The molecule has 3 N–H and O–H groups in total. The highest BCUT2D eigenvalue weighted by Gasteiger charge is 2.46. The van der Waals surface area contributed by atoms with Crippen molar-refractivity contribution in [3.05, 3.63) is 34.9 Å². The average molecular weight is 397 g/mol. The minimum absolute atomic E-state index is 0. The number of amides is 1. The van der Waals surface area contributed by atoms with E-state index in [0.717, 1.165) is 31.5 Å². The van der Waals surface area contributed by atoms with Crippen LogP contribution in [0.4, 0.5) is 0 Å². The molecule has 5 nitrogen and oxygen atoms in total. The Labute approximate surface area is 160 Å². The van der Waals surface area contributed by atoms with Gasteiger partial charge in [-0.25, -0.2) is 0 Å². The summed E-state index contributed by atoms with van der Waals surface area (Å²) < 4.78 is 5.42. The van der Waals surface area contributed by atoms with Crippen molar-refractivity contribution < 1.29 is 9.53 Å². The lowest BCUT2D eigenvalue weighted by Gasteiger charge is -2.35. The Balaban J connectivity index is 0.00000144. The van der Waals surface area contributed by atoms with Crippen LogP contribution in [0, 0.1) is 0 Å². The minimum Gasteiger partial charge on any atom is -0.379 e. The SMILES string of the molecule is Cl.Cl.NC1(C(=O)NCC(c2cccc(Cl)c2)N2CCOCC2)CC1. The summed E-state index contributed by atoms with van der Waals surface area (Å²) in [6.45, 7) is 3.66. The van der Waals surface area contributed by atoms with Gasteiger partial charge in [0.05, 0.1) is 24.8 Å². The second kappa shape index (κ2) is 9.22. The summed E-state index contributed by atoms with van der Waals surface area (Å²) >= 11 is 6.12. The third kappa shape index (κ3) is 5.22. The second-order valence-electron chi connectivity index (χ2n) is 6.09. The summed E-state index contributed by atoms with van der Waals surface area (Å²) in [7, 11) is 0. The molecule has 1 aliphatic heterocycles. The van der Waals surface area contributed by atoms with Crippen molar-refractivity contribution in [2.45, 2.75) is 24.4 Å². The molecule has 1 unspecified atom stereocenters. The van der Waals surface area contributed by atoms with Crippen molar-refractivity contribution in [2.24, 2.45) is 5.73 Å². The van der Waals surface area contributed by atoms with Crippen LogP contribution in [0.2, 0.25) is 5.02 Å². The zero-order chi connectivity index (χ0) is 15.6. The molecule has 0 aromatic heterocycles. The number of nitrogens with two attached hydrogens (primary N) is 1. The molecule has 8 heteroatoms. The van der Waals surface area contributed by atoms with E-state index in [1.807, 2.05) is 24.3 Å². The maximum atomic E-state index is 12.1. The maximum absolute atomic E-state index is 12.1. The van der Waals surface area contributed by atoms with E-state index in [1.54, 1.807) is 0 Å². The molecular weight excluding hydrogens is 373 g/mol. The molecule has 1 heterocycles. The van der Waals surface area contributed by atoms with E-state index in [2.05, 4.69) is 10.2 Å². The van der Waals surface area contributed by atoms with Crippen LogP contribution in [-0.2, 0) is 9.53 Å². The Morgan fingerprint density at radius 3 is 2.58 bits per heavy atom. The van der Waals surface area contributed by atoms with Crippen LogP contribution >= 0.6 is 36.4 Å². The largest absolute Gasteiger partial charge is 0.379 e. The monoisotopic (exact) mass is 395 g/mol. The van der Waals surface area contributed by atoms with Crippen molar-refractivity contribution in [1.82, 2.24) is 10.2 Å². The van der Waals surface area contributed by atoms with Gasteiger partial charge in [-0.2, -0.15) is 0 Å². The molecule has 3 rings (SSSR count). The van der Waals surface area contributed by atoms with Gasteiger partial charge in [0, 0.05) is 24.7 Å². The number of benzene rings is 1. The van der Waals surface area contributed by atoms with Crippen LogP contribution < -0.4 is 11.1 Å². The Morgan fingerprint density at radius 2 is 2.00 bits per heavy atom. The van der Waals surface area contributed by atoms with Gasteiger partial charge >= 0.3 is 0 Å². The fourth-order valence-electron chi connectivity index (χ4n) is 2.79. The summed E-state index contributed by atoms with van der Waals surface area (Å²) in [5.41, 5.74) is 6.42. The molecule has 2 aliphatic rings. The number of ether oxygens (including phenoxy) is 1. The number of carbonyl (C=O) groups is 1. The molecule has 136 valence electrons. The van der Waals surface area contributed by atoms with Crippen molar-refractivity contribution >= 4 is 42.3 Å². The third-order valence-electron chi connectivity index (χ3n) is 4.42. The molecule has 1 aromatic rings. The average Bonchev–Trinajstić information content (AvgIpc) is 3.28. The van der Waals surface area contributed by atoms with Gasteiger partial charge in [0.15, 0.2) is 0 Å². The van der Waals surface area contributed by atoms with E-state index < -0.39 is 5.54 Å². The molecule has 1 saturated heterocycles. The van der Waals surface area contributed by atoms with Gasteiger partial charge in [-0.1, -0.05) is 23.7 Å². The van der Waals surface area contributed by atoms with Crippen LogP contribution in [0.1, 0.15) is 24.4 Å². The third-order valence-corrected chi connectivity index (χ3v) is 4.65. The lowest BCUT2D eigenvalue weighted by Crippen LogP contribution is -2.48. The van der Waals surface area contributed by atoms with Gasteiger partial charge in [-0.05, 0) is 30.5 Å². The smallest absolute Gasteiger partial charge is 0.240 e. The van der Waals surface area contributed by atoms with Crippen molar-refractivity contribution in [3.8, 4) is 0 Å². The van der Waals surface area contributed by atoms with Crippen LogP contribution in [-0.4, -0.2) is 49.2 Å². The molecule has 1 atom stereocenters. The molecule has 1 aromatic carbocycles. The number of nitrogens with one attached hydrogen (secondary N) is 1. The fourth-order valence-corrected chi connectivity index (χ4v) is 2.99. The Morgan fingerprint density at radius 1 is 1.33 bits per heavy atom. The van der Waals surface area contributed by atoms with Gasteiger partial charge in [-0.3, -0.25) is 9.69 Å². The van der Waals surface area contributed by atoms with Gasteiger partial charge in [-0.15, -0.1) is 24.8 Å². The second-order valence-corrected chi connectivity index (χ2v) is 6.52. The quantitative estimate of drug-likeness (QED) is 0.800. The molecule has 1 saturated carbocycles. The lowest BCUT2D eigenvalue weighted by atomic mass is 10.0. The molecule has 0 bridgehead atoms. The van der Waals surface area contributed by atoms with Gasteiger partial charge in [0.25, 0.3) is 0 Å². The normalized spacial score (nSPS) is 20.2. The molecule has 0 spiro atoms. The summed E-state index contributed by atoms with van der Waals surface area (Å²) in [5.74, 6) is -0.0483. The molecule has 1 amide bonds. The Bertz CT molecular complexity index is 549. The molecule has 24 heavy (non-hydrogen) atoms. The predicted molar refractivity (Wildman–Crippen MR) is 100 cm³/mol. The van der Waals surface area contributed by atoms with Crippen molar-refractivity contribution in [1.29, 1.82) is 0 Å². The van der Waals surface area contributed by atoms with Gasteiger partial charge < -0.3 is 15.8 Å². The van der Waals surface area contributed by atoms with E-state index in [4.69, 9.17) is 22.1 Å². The van der Waals surface area contributed by atoms with Gasteiger partial charge in [0.2, 0.25) is 5.91 Å². The lowest BCUT2D eigenvalue weighted by molar-refractivity contribution is -0.123. The van der Waals surface area contributed by atoms with Crippen LogP contribution in [0.15, 0.2) is 24.3 Å². The minimum atomic E-state index is -0.635. The highest BCUT2D eigenvalue weighted by molar-refractivity contribution is 6.30. The fraction of sp³-hybridized carbons (Fsp3) is 0.562. The van der Waals surface area contributed by atoms with E-state index in [0.29, 0.717) is 24.8 Å². The van der Waals surface area contributed by atoms with Crippen LogP contribution in [0.3, 0.4) is 0 Å². The topological polar surface area (TPSA) is 67.6 Å². The number of hydrogen-bond acceptors (Lipinski definition) is 4. The summed E-state index contributed by atoms with van der Waals surface area (Å²) in [6.07, 6.45) is 1.55. The standard InChI is InChI=1S/C16H22ClN3O2.2ClH/c17-13-3-1-2-12(10-13)14(20-6-8-22-9-7-20)11-19-15(21)16(18)4-5-16;;/h1-3,10,14H,4-9,11,18H2,(H,19,21);2*1H. The highest BCUT2D eigenvalue weighted by atomic mass is 35.5. The first-order valence-corrected chi connectivity index (χ1v) is 8.11. The molecular formula is C16H24Cl3N3O2. The number of carbonyl (C=O) groups excluding carboxylic acids is 1. The van der Waals surface area contributed by atoms with Crippen molar-refractivity contribution in [2.75, 3.05) is 32.8 Å². The first-order chi connectivity index (χ1) is 10.6. The first kappa shape index (κ1) is 21.5. The van der Waals surface area contributed by atoms with Crippen molar-refractivity contribution in [3.63, 3.8) is 0 Å². The van der Waals surface area contributed by atoms with Crippen LogP contribution in [0.25, 0.3) is 0 Å². The highest BCUT2D eigenvalue weighted by Crippen LogP contribution is 2.32. The van der Waals surface area contributed by atoms with Gasteiger partial charge in [0.1, 0.15) is 0 Å². The summed E-state index contributed by atoms with van der Waals surface area (Å²) in [4.78, 5) is 14.4. The zero-order valence-corrected chi connectivity index (χ0v) is 15.8. The summed E-state index contributed by atoms with van der Waals surface area (Å²) in [5, 5.41) is 3.72.